The van der Waals surface area contributed by atoms with E-state index in [0.717, 1.165) is 21.0 Å². The summed E-state index contributed by atoms with van der Waals surface area (Å²) in [4.78, 5) is 6.38. The lowest BCUT2D eigenvalue weighted by atomic mass is 10.2. The zero-order chi connectivity index (χ0) is 15.6. The van der Waals surface area contributed by atoms with E-state index in [1.807, 2.05) is 36.6 Å². The third-order valence-electron chi connectivity index (χ3n) is 3.08. The molecule has 3 aromatic heterocycles. The predicted octanol–water partition coefficient (Wildman–Crippen LogP) is 3.66. The van der Waals surface area contributed by atoms with Crippen LogP contribution in [0.5, 0.6) is 0 Å². The summed E-state index contributed by atoms with van der Waals surface area (Å²) in [6.45, 7) is 2.11. The summed E-state index contributed by atoms with van der Waals surface area (Å²) in [7, 11) is -3.48. The van der Waals surface area contributed by atoms with Gasteiger partial charge in [0.25, 0.3) is 0 Å². The highest BCUT2D eigenvalue weighted by Crippen LogP contribution is 2.26. The number of aryl methyl sites for hydroxylation is 1. The molecule has 3 heterocycles. The molecule has 0 fully saturated rings. The highest BCUT2D eigenvalue weighted by atomic mass is 32.2. The van der Waals surface area contributed by atoms with E-state index in [1.165, 1.54) is 11.3 Å². The van der Waals surface area contributed by atoms with Gasteiger partial charge in [0.1, 0.15) is 4.21 Å². The van der Waals surface area contributed by atoms with Crippen molar-refractivity contribution in [2.75, 3.05) is 0 Å². The molecule has 0 radical (unpaired) electrons. The largest absolute Gasteiger partial charge is 0.255 e. The fraction of sp³-hybridized carbons (Fsp3) is 0.133. The molecule has 0 bridgehead atoms. The highest BCUT2D eigenvalue weighted by Gasteiger charge is 2.17. The summed E-state index contributed by atoms with van der Waals surface area (Å²) in [6, 6.07) is 11.1. The first-order valence-corrected chi connectivity index (χ1v) is 9.78. The number of nitrogens with zero attached hydrogens (tertiary/aromatic N) is 1. The Balaban J connectivity index is 1.83. The molecule has 3 rings (SSSR count). The van der Waals surface area contributed by atoms with Gasteiger partial charge >= 0.3 is 0 Å². The number of nitrogens with one attached hydrogen (secondary N) is 1. The molecule has 0 amide bonds. The first-order chi connectivity index (χ1) is 10.6. The molecule has 22 heavy (non-hydrogen) atoms. The van der Waals surface area contributed by atoms with E-state index >= 15 is 0 Å². The lowest BCUT2D eigenvalue weighted by Crippen LogP contribution is -2.22. The van der Waals surface area contributed by atoms with Crippen molar-refractivity contribution >= 4 is 32.7 Å². The lowest BCUT2D eigenvalue weighted by molar-refractivity contribution is 0.583. The molecule has 4 nitrogen and oxygen atoms in total. The summed E-state index contributed by atoms with van der Waals surface area (Å²) < 4.78 is 27.6. The SMILES string of the molecule is Cc1ccc(S(=O)(=O)NCc2cccnc2-c2cccs2)s1. The van der Waals surface area contributed by atoms with Crippen molar-refractivity contribution in [3.05, 3.63) is 58.4 Å². The van der Waals surface area contributed by atoms with Gasteiger partial charge in [-0.15, -0.1) is 22.7 Å². The van der Waals surface area contributed by atoms with Crippen molar-refractivity contribution in [1.29, 1.82) is 0 Å². The van der Waals surface area contributed by atoms with E-state index in [2.05, 4.69) is 9.71 Å². The van der Waals surface area contributed by atoms with E-state index in [9.17, 15) is 8.42 Å². The van der Waals surface area contributed by atoms with Crippen molar-refractivity contribution < 1.29 is 8.42 Å². The number of hydrogen-bond acceptors (Lipinski definition) is 5. The van der Waals surface area contributed by atoms with Crippen molar-refractivity contribution in [2.45, 2.75) is 17.7 Å². The van der Waals surface area contributed by atoms with Gasteiger partial charge in [-0.1, -0.05) is 12.1 Å². The standard InChI is InChI=1S/C15H14N2O2S3/c1-11-6-7-14(21-11)22(18,19)17-10-12-4-2-8-16-15(12)13-5-3-9-20-13/h2-9,17H,10H2,1H3. The summed E-state index contributed by atoms with van der Waals surface area (Å²) in [5.74, 6) is 0. The molecule has 7 heteroatoms. The molecule has 0 unspecified atom stereocenters. The van der Waals surface area contributed by atoms with Gasteiger partial charge in [0, 0.05) is 17.6 Å². The van der Waals surface area contributed by atoms with Crippen LogP contribution in [0.1, 0.15) is 10.4 Å². The van der Waals surface area contributed by atoms with Crippen LogP contribution in [0, 0.1) is 6.92 Å². The molecule has 0 spiro atoms. The molecular weight excluding hydrogens is 336 g/mol. The van der Waals surface area contributed by atoms with Crippen LogP contribution in [-0.2, 0) is 16.6 Å². The molecule has 0 saturated heterocycles. The van der Waals surface area contributed by atoms with Gasteiger partial charge in [-0.2, -0.15) is 0 Å². The van der Waals surface area contributed by atoms with E-state index in [0.29, 0.717) is 4.21 Å². The van der Waals surface area contributed by atoms with Crippen molar-refractivity contribution in [2.24, 2.45) is 0 Å². The minimum absolute atomic E-state index is 0.223. The fourth-order valence-electron chi connectivity index (χ4n) is 2.02. The van der Waals surface area contributed by atoms with Crippen molar-refractivity contribution in [3.63, 3.8) is 0 Å². The molecule has 0 atom stereocenters. The van der Waals surface area contributed by atoms with Crippen LogP contribution in [0.4, 0.5) is 0 Å². The van der Waals surface area contributed by atoms with Gasteiger partial charge in [0.15, 0.2) is 0 Å². The van der Waals surface area contributed by atoms with Crippen LogP contribution in [0.2, 0.25) is 0 Å². The number of thiophene rings is 2. The zero-order valence-corrected chi connectivity index (χ0v) is 14.3. The Labute approximate surface area is 137 Å². The summed E-state index contributed by atoms with van der Waals surface area (Å²) >= 11 is 2.85. The van der Waals surface area contributed by atoms with Gasteiger partial charge in [0.05, 0.1) is 10.6 Å². The van der Waals surface area contributed by atoms with Gasteiger partial charge in [-0.3, -0.25) is 4.98 Å². The monoisotopic (exact) mass is 350 g/mol. The minimum atomic E-state index is -3.48. The van der Waals surface area contributed by atoms with Crippen molar-refractivity contribution in [1.82, 2.24) is 9.71 Å². The number of hydrogen-bond donors (Lipinski definition) is 1. The van der Waals surface area contributed by atoms with Crippen LogP contribution in [0.25, 0.3) is 10.6 Å². The molecule has 0 aliphatic heterocycles. The average molecular weight is 350 g/mol. The topological polar surface area (TPSA) is 59.1 Å². The Morgan fingerprint density at radius 1 is 1.18 bits per heavy atom. The smallest absolute Gasteiger partial charge is 0.250 e. The second kappa shape index (κ2) is 6.29. The third-order valence-corrected chi connectivity index (χ3v) is 6.85. The molecule has 0 aromatic carbocycles. The number of pyridine rings is 1. The van der Waals surface area contributed by atoms with Crippen LogP contribution < -0.4 is 4.72 Å². The van der Waals surface area contributed by atoms with Crippen LogP contribution in [0.15, 0.2) is 52.2 Å². The van der Waals surface area contributed by atoms with Gasteiger partial charge in [-0.05, 0) is 42.1 Å². The first kappa shape index (κ1) is 15.4. The molecule has 0 aliphatic rings. The predicted molar refractivity (Wildman–Crippen MR) is 90.6 cm³/mol. The van der Waals surface area contributed by atoms with E-state index in [4.69, 9.17) is 0 Å². The molecule has 114 valence electrons. The van der Waals surface area contributed by atoms with Crippen LogP contribution in [0.3, 0.4) is 0 Å². The van der Waals surface area contributed by atoms with Gasteiger partial charge in [0.2, 0.25) is 10.0 Å². The number of aromatic nitrogens is 1. The van der Waals surface area contributed by atoms with Gasteiger partial charge < -0.3 is 0 Å². The Hall–Kier alpha value is -1.54. The van der Waals surface area contributed by atoms with Crippen LogP contribution >= 0.6 is 22.7 Å². The Morgan fingerprint density at radius 3 is 2.73 bits per heavy atom. The summed E-state index contributed by atoms with van der Waals surface area (Å²) in [6.07, 6.45) is 1.72. The molecular formula is C15H14N2O2S3. The molecule has 0 aliphatic carbocycles. The highest BCUT2D eigenvalue weighted by molar-refractivity contribution is 7.91. The number of sulfonamides is 1. The summed E-state index contributed by atoms with van der Waals surface area (Å²) in [5.41, 5.74) is 1.68. The lowest BCUT2D eigenvalue weighted by Gasteiger charge is -2.08. The first-order valence-electron chi connectivity index (χ1n) is 6.60. The Bertz CT molecular complexity index is 868. The van der Waals surface area contributed by atoms with Crippen molar-refractivity contribution in [3.8, 4) is 10.6 Å². The van der Waals surface area contributed by atoms with E-state index in [-0.39, 0.29) is 6.54 Å². The maximum Gasteiger partial charge on any atom is 0.250 e. The van der Waals surface area contributed by atoms with Gasteiger partial charge in [-0.25, -0.2) is 13.1 Å². The van der Waals surface area contributed by atoms with E-state index in [1.54, 1.807) is 29.7 Å². The normalized spacial score (nSPS) is 11.7. The average Bonchev–Trinajstić information content (AvgIpc) is 3.17. The molecule has 0 saturated carbocycles. The maximum absolute atomic E-state index is 12.3. The molecule has 3 aromatic rings. The second-order valence-electron chi connectivity index (χ2n) is 4.68. The number of rotatable bonds is 5. The fourth-order valence-corrected chi connectivity index (χ4v) is 5.11. The second-order valence-corrected chi connectivity index (χ2v) is 8.91. The summed E-state index contributed by atoms with van der Waals surface area (Å²) in [5, 5.41) is 1.98. The maximum atomic E-state index is 12.3. The Morgan fingerprint density at radius 2 is 2.05 bits per heavy atom. The zero-order valence-electron chi connectivity index (χ0n) is 11.8. The van der Waals surface area contributed by atoms with Crippen LogP contribution in [-0.4, -0.2) is 13.4 Å². The van der Waals surface area contributed by atoms with E-state index < -0.39 is 10.0 Å². The minimum Gasteiger partial charge on any atom is -0.255 e. The quantitative estimate of drug-likeness (QED) is 0.764. The molecule has 1 N–H and O–H groups in total. The third kappa shape index (κ3) is 3.27. The Kier molecular flexibility index (Phi) is 4.39.